The third-order valence-electron chi connectivity index (χ3n) is 2.77. The average Bonchev–Trinajstić information content (AvgIpc) is 2.37. The molecule has 0 saturated heterocycles. The second kappa shape index (κ2) is 6.39. The van der Waals surface area contributed by atoms with Gasteiger partial charge in [0.15, 0.2) is 0 Å². The summed E-state index contributed by atoms with van der Waals surface area (Å²) in [6.07, 6.45) is 1.79. The molecule has 2 rings (SSSR count). The number of anilines is 1. The number of nitrogens with one attached hydrogen (secondary N) is 1. The number of pyridine rings is 1. The van der Waals surface area contributed by atoms with Crippen LogP contribution in [0.5, 0.6) is 5.75 Å². The van der Waals surface area contributed by atoms with Crippen LogP contribution in [0.1, 0.15) is 11.3 Å². The van der Waals surface area contributed by atoms with Crippen molar-refractivity contribution in [2.45, 2.75) is 13.5 Å². The largest absolute Gasteiger partial charge is 0.495 e. The molecule has 100 valence electrons. The Bertz CT molecular complexity index is 588. The number of rotatable bonds is 4. The van der Waals surface area contributed by atoms with Crippen LogP contribution in [0.25, 0.3) is 0 Å². The van der Waals surface area contributed by atoms with Crippen LogP contribution in [0, 0.1) is 6.92 Å². The molecule has 0 aliphatic heterocycles. The maximum absolute atomic E-state index is 5.43. The Labute approximate surface area is 129 Å². The van der Waals surface area contributed by atoms with Crippen LogP contribution < -0.4 is 10.1 Å². The maximum atomic E-state index is 5.43. The molecule has 1 N–H and O–H groups in total. The van der Waals surface area contributed by atoms with Crippen molar-refractivity contribution in [3.8, 4) is 5.75 Å². The van der Waals surface area contributed by atoms with Crippen LogP contribution >= 0.6 is 31.9 Å². The van der Waals surface area contributed by atoms with Gasteiger partial charge in [0.1, 0.15) is 5.75 Å². The zero-order valence-electron chi connectivity index (χ0n) is 10.7. The molecule has 0 aliphatic carbocycles. The third-order valence-corrected chi connectivity index (χ3v) is 3.81. The summed E-state index contributed by atoms with van der Waals surface area (Å²) in [5.41, 5.74) is 3.09. The number of hydrogen-bond donors (Lipinski definition) is 1. The predicted octanol–water partition coefficient (Wildman–Crippen LogP) is 4.54. The van der Waals surface area contributed by atoms with Crippen LogP contribution in [-0.2, 0) is 6.54 Å². The quantitative estimate of drug-likeness (QED) is 0.839. The Morgan fingerprint density at radius 1 is 1.32 bits per heavy atom. The Hall–Kier alpha value is -1.07. The fraction of sp³-hybridized carbons (Fsp3) is 0.214. The van der Waals surface area contributed by atoms with Crippen molar-refractivity contribution in [3.63, 3.8) is 0 Å². The van der Waals surface area contributed by atoms with Crippen molar-refractivity contribution in [2.75, 3.05) is 12.4 Å². The zero-order chi connectivity index (χ0) is 13.8. The van der Waals surface area contributed by atoms with E-state index in [-0.39, 0.29) is 0 Å². The summed E-state index contributed by atoms with van der Waals surface area (Å²) in [6.45, 7) is 2.66. The zero-order valence-corrected chi connectivity index (χ0v) is 13.9. The fourth-order valence-electron chi connectivity index (χ4n) is 1.84. The summed E-state index contributed by atoms with van der Waals surface area (Å²) >= 11 is 7.00. The molecule has 1 heterocycles. The molecule has 0 saturated carbocycles. The van der Waals surface area contributed by atoms with E-state index >= 15 is 0 Å². The van der Waals surface area contributed by atoms with E-state index in [1.54, 1.807) is 13.3 Å². The topological polar surface area (TPSA) is 34.1 Å². The Kier molecular flexibility index (Phi) is 4.82. The summed E-state index contributed by atoms with van der Waals surface area (Å²) in [6, 6.07) is 7.95. The molecule has 0 spiro atoms. The van der Waals surface area contributed by atoms with Crippen molar-refractivity contribution >= 4 is 37.5 Å². The molecule has 0 unspecified atom stereocenters. The molecule has 3 nitrogen and oxygen atoms in total. The standard InChI is InChI=1S/C14H14Br2N2O/c1-9-13(4-3-5-17-9)18-8-10-6-11(15)7-12(16)14(10)19-2/h3-7,18H,8H2,1-2H3. The van der Waals surface area contributed by atoms with Gasteiger partial charge in [-0.05, 0) is 47.1 Å². The molecule has 0 aliphatic rings. The number of benzene rings is 1. The molecular formula is C14H14Br2N2O. The van der Waals surface area contributed by atoms with Crippen LogP contribution in [-0.4, -0.2) is 12.1 Å². The highest BCUT2D eigenvalue weighted by Gasteiger charge is 2.09. The maximum Gasteiger partial charge on any atom is 0.138 e. The summed E-state index contributed by atoms with van der Waals surface area (Å²) in [4.78, 5) is 4.26. The molecular weight excluding hydrogens is 372 g/mol. The number of aromatic nitrogens is 1. The van der Waals surface area contributed by atoms with Gasteiger partial charge in [0.05, 0.1) is 23.0 Å². The Balaban J connectivity index is 2.22. The molecule has 19 heavy (non-hydrogen) atoms. The second-order valence-electron chi connectivity index (χ2n) is 4.07. The van der Waals surface area contributed by atoms with Gasteiger partial charge in [-0.3, -0.25) is 4.98 Å². The second-order valence-corrected chi connectivity index (χ2v) is 5.84. The first kappa shape index (κ1) is 14.3. The SMILES string of the molecule is COc1c(Br)cc(Br)cc1CNc1cccnc1C. The first-order valence-electron chi connectivity index (χ1n) is 5.79. The highest BCUT2D eigenvalue weighted by Crippen LogP contribution is 2.33. The summed E-state index contributed by atoms with van der Waals surface area (Å²) in [7, 11) is 1.67. The van der Waals surface area contributed by atoms with E-state index in [4.69, 9.17) is 4.74 Å². The number of methoxy groups -OCH3 is 1. The number of hydrogen-bond acceptors (Lipinski definition) is 3. The molecule has 0 fully saturated rings. The van der Waals surface area contributed by atoms with Gasteiger partial charge in [-0.2, -0.15) is 0 Å². The van der Waals surface area contributed by atoms with Crippen LogP contribution in [0.15, 0.2) is 39.4 Å². The van der Waals surface area contributed by atoms with Gasteiger partial charge in [0.2, 0.25) is 0 Å². The van der Waals surface area contributed by atoms with Gasteiger partial charge in [0, 0.05) is 22.8 Å². The van der Waals surface area contributed by atoms with Crippen LogP contribution in [0.3, 0.4) is 0 Å². The lowest BCUT2D eigenvalue weighted by atomic mass is 10.2. The number of ether oxygens (including phenoxy) is 1. The van der Waals surface area contributed by atoms with E-state index in [0.29, 0.717) is 6.54 Å². The van der Waals surface area contributed by atoms with Gasteiger partial charge in [-0.1, -0.05) is 15.9 Å². The van der Waals surface area contributed by atoms with Crippen molar-refractivity contribution in [2.24, 2.45) is 0 Å². The fourth-order valence-corrected chi connectivity index (χ4v) is 3.31. The van der Waals surface area contributed by atoms with E-state index in [1.807, 2.05) is 31.2 Å². The van der Waals surface area contributed by atoms with Gasteiger partial charge in [0.25, 0.3) is 0 Å². The van der Waals surface area contributed by atoms with Gasteiger partial charge >= 0.3 is 0 Å². The molecule has 5 heteroatoms. The lowest BCUT2D eigenvalue weighted by Gasteiger charge is -2.13. The third kappa shape index (κ3) is 3.48. The summed E-state index contributed by atoms with van der Waals surface area (Å²) in [5, 5.41) is 3.37. The summed E-state index contributed by atoms with van der Waals surface area (Å²) < 4.78 is 7.37. The lowest BCUT2D eigenvalue weighted by Crippen LogP contribution is -2.04. The van der Waals surface area contributed by atoms with E-state index in [0.717, 1.165) is 31.6 Å². The number of aryl methyl sites for hydroxylation is 1. The van der Waals surface area contributed by atoms with Gasteiger partial charge in [-0.15, -0.1) is 0 Å². The average molecular weight is 386 g/mol. The van der Waals surface area contributed by atoms with E-state index in [9.17, 15) is 0 Å². The highest BCUT2D eigenvalue weighted by atomic mass is 79.9. The van der Waals surface area contributed by atoms with Crippen molar-refractivity contribution in [3.05, 3.63) is 50.7 Å². The van der Waals surface area contributed by atoms with Gasteiger partial charge < -0.3 is 10.1 Å². The predicted molar refractivity (Wildman–Crippen MR) is 84.7 cm³/mol. The lowest BCUT2D eigenvalue weighted by molar-refractivity contribution is 0.407. The highest BCUT2D eigenvalue weighted by molar-refractivity contribution is 9.11. The van der Waals surface area contributed by atoms with Crippen molar-refractivity contribution in [1.29, 1.82) is 0 Å². The number of nitrogens with zero attached hydrogens (tertiary/aromatic N) is 1. The van der Waals surface area contributed by atoms with Crippen molar-refractivity contribution in [1.82, 2.24) is 4.98 Å². The molecule has 0 bridgehead atoms. The number of halogens is 2. The van der Waals surface area contributed by atoms with Crippen LogP contribution in [0.4, 0.5) is 5.69 Å². The summed E-state index contributed by atoms with van der Waals surface area (Å²) in [5.74, 6) is 0.845. The van der Waals surface area contributed by atoms with E-state index in [1.165, 1.54) is 0 Å². The minimum Gasteiger partial charge on any atom is -0.495 e. The van der Waals surface area contributed by atoms with Crippen molar-refractivity contribution < 1.29 is 4.74 Å². The molecule has 0 radical (unpaired) electrons. The smallest absolute Gasteiger partial charge is 0.138 e. The molecule has 1 aromatic carbocycles. The Morgan fingerprint density at radius 2 is 2.11 bits per heavy atom. The first-order chi connectivity index (χ1) is 9.11. The first-order valence-corrected chi connectivity index (χ1v) is 7.38. The monoisotopic (exact) mass is 384 g/mol. The van der Waals surface area contributed by atoms with E-state index in [2.05, 4.69) is 42.2 Å². The molecule has 0 amide bonds. The van der Waals surface area contributed by atoms with E-state index < -0.39 is 0 Å². The molecule has 2 aromatic rings. The minimum absolute atomic E-state index is 0.674. The Morgan fingerprint density at radius 3 is 2.79 bits per heavy atom. The minimum atomic E-state index is 0.674. The molecule has 1 aromatic heterocycles. The van der Waals surface area contributed by atoms with Gasteiger partial charge in [-0.25, -0.2) is 0 Å². The normalized spacial score (nSPS) is 10.3. The molecule has 0 atom stereocenters. The van der Waals surface area contributed by atoms with Crippen LogP contribution in [0.2, 0.25) is 0 Å².